The Hall–Kier alpha value is -2.76. The third-order valence-electron chi connectivity index (χ3n) is 3.17. The quantitative estimate of drug-likeness (QED) is 0.892. The minimum absolute atomic E-state index is 0.122. The number of halogens is 2. The van der Waals surface area contributed by atoms with Gasteiger partial charge in [0.05, 0.1) is 6.42 Å². The average molecular weight is 288 g/mol. The van der Waals surface area contributed by atoms with Crippen molar-refractivity contribution in [3.8, 4) is 0 Å². The zero-order valence-electron chi connectivity index (χ0n) is 10.7. The molecule has 0 aliphatic carbocycles. The van der Waals surface area contributed by atoms with Crippen LogP contribution in [-0.2, 0) is 11.2 Å². The molecular weight excluding hydrogens is 278 g/mol. The van der Waals surface area contributed by atoms with E-state index in [2.05, 4.69) is 10.6 Å². The summed E-state index contributed by atoms with van der Waals surface area (Å²) in [6.45, 7) is 0. The van der Waals surface area contributed by atoms with Crippen molar-refractivity contribution in [3.63, 3.8) is 0 Å². The van der Waals surface area contributed by atoms with E-state index in [0.29, 0.717) is 11.3 Å². The van der Waals surface area contributed by atoms with Crippen LogP contribution in [0.15, 0.2) is 36.4 Å². The summed E-state index contributed by atoms with van der Waals surface area (Å²) in [6, 6.07) is 7.92. The molecule has 2 aromatic carbocycles. The van der Waals surface area contributed by atoms with E-state index in [-0.39, 0.29) is 18.0 Å². The summed E-state index contributed by atoms with van der Waals surface area (Å²) >= 11 is 0. The van der Waals surface area contributed by atoms with Crippen molar-refractivity contribution >= 4 is 23.2 Å². The van der Waals surface area contributed by atoms with Gasteiger partial charge in [0.1, 0.15) is 0 Å². The molecule has 1 aliphatic rings. The topological polar surface area (TPSA) is 58.2 Å². The molecule has 0 saturated carbocycles. The van der Waals surface area contributed by atoms with Crippen LogP contribution in [0.25, 0.3) is 0 Å². The van der Waals surface area contributed by atoms with Crippen molar-refractivity contribution in [2.75, 3.05) is 10.6 Å². The molecular formula is C15H10F2N2O2. The van der Waals surface area contributed by atoms with Gasteiger partial charge in [0.2, 0.25) is 5.91 Å². The maximum Gasteiger partial charge on any atom is 0.255 e. The Balaban J connectivity index is 1.81. The molecule has 4 nitrogen and oxygen atoms in total. The molecule has 2 aromatic rings. The van der Waals surface area contributed by atoms with Gasteiger partial charge in [0.15, 0.2) is 11.6 Å². The normalized spacial score (nSPS) is 12.8. The maximum absolute atomic E-state index is 13.1. The largest absolute Gasteiger partial charge is 0.326 e. The first-order valence-corrected chi connectivity index (χ1v) is 6.22. The van der Waals surface area contributed by atoms with Crippen LogP contribution < -0.4 is 10.6 Å². The molecule has 0 radical (unpaired) electrons. The molecule has 21 heavy (non-hydrogen) atoms. The average Bonchev–Trinajstić information content (AvgIpc) is 2.82. The van der Waals surface area contributed by atoms with E-state index in [4.69, 9.17) is 0 Å². The Bertz CT molecular complexity index is 759. The van der Waals surface area contributed by atoms with Gasteiger partial charge in [-0.25, -0.2) is 8.78 Å². The molecule has 0 saturated heterocycles. The molecule has 0 unspecified atom stereocenters. The summed E-state index contributed by atoms with van der Waals surface area (Å²) in [6.07, 6.45) is 0.224. The number of benzene rings is 2. The first-order valence-electron chi connectivity index (χ1n) is 6.22. The number of fused-ring (bicyclic) bond motifs is 1. The highest BCUT2D eigenvalue weighted by atomic mass is 19.2. The molecule has 106 valence electrons. The van der Waals surface area contributed by atoms with Crippen LogP contribution in [0.2, 0.25) is 0 Å². The summed E-state index contributed by atoms with van der Waals surface area (Å²) in [5.41, 5.74) is 1.92. The molecule has 1 heterocycles. The van der Waals surface area contributed by atoms with Crippen LogP contribution in [0.3, 0.4) is 0 Å². The molecule has 3 rings (SSSR count). The second-order valence-electron chi connectivity index (χ2n) is 4.68. The molecule has 1 aliphatic heterocycles. The smallest absolute Gasteiger partial charge is 0.255 e. The summed E-state index contributed by atoms with van der Waals surface area (Å²) < 4.78 is 25.9. The molecule has 0 bridgehead atoms. The fourth-order valence-electron chi connectivity index (χ4n) is 2.15. The Kier molecular flexibility index (Phi) is 3.13. The second kappa shape index (κ2) is 4.97. The van der Waals surface area contributed by atoms with Gasteiger partial charge in [-0.05, 0) is 35.9 Å². The SMILES string of the molecule is O=C1Cc2cc(C(=O)Nc3ccc(F)c(F)c3)ccc2N1. The molecule has 0 fully saturated rings. The Morgan fingerprint density at radius 2 is 1.90 bits per heavy atom. The van der Waals surface area contributed by atoms with E-state index in [9.17, 15) is 18.4 Å². The lowest BCUT2D eigenvalue weighted by Crippen LogP contribution is -2.12. The zero-order chi connectivity index (χ0) is 15.0. The van der Waals surface area contributed by atoms with Gasteiger partial charge in [-0.15, -0.1) is 0 Å². The zero-order valence-corrected chi connectivity index (χ0v) is 10.7. The lowest BCUT2D eigenvalue weighted by atomic mass is 10.1. The summed E-state index contributed by atoms with van der Waals surface area (Å²) in [7, 11) is 0. The highest BCUT2D eigenvalue weighted by Gasteiger charge is 2.19. The van der Waals surface area contributed by atoms with Gasteiger partial charge >= 0.3 is 0 Å². The van der Waals surface area contributed by atoms with Crippen LogP contribution in [0.1, 0.15) is 15.9 Å². The summed E-state index contributed by atoms with van der Waals surface area (Å²) in [5, 5.41) is 5.14. The predicted octanol–water partition coefficient (Wildman–Crippen LogP) is 2.71. The second-order valence-corrected chi connectivity index (χ2v) is 4.68. The van der Waals surface area contributed by atoms with Crippen molar-refractivity contribution in [1.29, 1.82) is 0 Å². The number of carbonyl (C=O) groups is 2. The highest BCUT2D eigenvalue weighted by Crippen LogP contribution is 2.24. The van der Waals surface area contributed by atoms with Gasteiger partial charge in [-0.1, -0.05) is 0 Å². The first-order chi connectivity index (χ1) is 10.0. The molecule has 6 heteroatoms. The van der Waals surface area contributed by atoms with Crippen LogP contribution in [0, 0.1) is 11.6 Å². The lowest BCUT2D eigenvalue weighted by Gasteiger charge is -2.07. The van der Waals surface area contributed by atoms with Crippen molar-refractivity contribution in [2.45, 2.75) is 6.42 Å². The number of rotatable bonds is 2. The molecule has 0 atom stereocenters. The number of carbonyl (C=O) groups excluding carboxylic acids is 2. The lowest BCUT2D eigenvalue weighted by molar-refractivity contribution is -0.115. The predicted molar refractivity (Wildman–Crippen MR) is 73.1 cm³/mol. The summed E-state index contributed by atoms with van der Waals surface area (Å²) in [4.78, 5) is 23.3. The summed E-state index contributed by atoms with van der Waals surface area (Å²) in [5.74, 6) is -2.59. The van der Waals surface area contributed by atoms with Crippen LogP contribution in [0.5, 0.6) is 0 Å². The van der Waals surface area contributed by atoms with Crippen LogP contribution in [-0.4, -0.2) is 11.8 Å². The van der Waals surface area contributed by atoms with Crippen molar-refractivity contribution in [3.05, 3.63) is 59.2 Å². The molecule has 0 aromatic heterocycles. The molecule has 0 spiro atoms. The van der Waals surface area contributed by atoms with Gasteiger partial charge in [0, 0.05) is 23.0 Å². The minimum Gasteiger partial charge on any atom is -0.326 e. The molecule has 2 amide bonds. The first kappa shape index (κ1) is 13.2. The molecule has 2 N–H and O–H groups in total. The van der Waals surface area contributed by atoms with Crippen LogP contribution >= 0.6 is 0 Å². The Labute approximate surface area is 118 Å². The standard InChI is InChI=1S/C15H10F2N2O2/c16-11-3-2-10(7-12(11)17)18-15(21)8-1-4-13-9(5-8)6-14(20)19-13/h1-5,7H,6H2,(H,18,21)(H,19,20). The monoisotopic (exact) mass is 288 g/mol. The number of hydrogen-bond acceptors (Lipinski definition) is 2. The van der Waals surface area contributed by atoms with Crippen molar-refractivity contribution < 1.29 is 18.4 Å². The number of anilines is 2. The number of amides is 2. The highest BCUT2D eigenvalue weighted by molar-refractivity contribution is 6.06. The van der Waals surface area contributed by atoms with E-state index < -0.39 is 17.5 Å². The van der Waals surface area contributed by atoms with Crippen LogP contribution in [0.4, 0.5) is 20.2 Å². The van der Waals surface area contributed by atoms with Gasteiger partial charge < -0.3 is 10.6 Å². The Morgan fingerprint density at radius 1 is 1.10 bits per heavy atom. The van der Waals surface area contributed by atoms with E-state index in [1.807, 2.05) is 0 Å². The third-order valence-corrected chi connectivity index (χ3v) is 3.17. The van der Waals surface area contributed by atoms with Crippen molar-refractivity contribution in [1.82, 2.24) is 0 Å². The number of nitrogens with one attached hydrogen (secondary N) is 2. The fraction of sp³-hybridized carbons (Fsp3) is 0.0667. The van der Waals surface area contributed by atoms with Gasteiger partial charge in [-0.3, -0.25) is 9.59 Å². The third kappa shape index (κ3) is 2.60. The van der Waals surface area contributed by atoms with Crippen molar-refractivity contribution in [2.24, 2.45) is 0 Å². The number of hydrogen-bond donors (Lipinski definition) is 2. The minimum atomic E-state index is -1.03. The van der Waals surface area contributed by atoms with Gasteiger partial charge in [0.25, 0.3) is 5.91 Å². The van der Waals surface area contributed by atoms with E-state index in [1.54, 1.807) is 18.2 Å². The van der Waals surface area contributed by atoms with E-state index in [0.717, 1.165) is 17.7 Å². The van der Waals surface area contributed by atoms with Gasteiger partial charge in [-0.2, -0.15) is 0 Å². The van der Waals surface area contributed by atoms with E-state index in [1.165, 1.54) is 6.07 Å². The fourth-order valence-corrected chi connectivity index (χ4v) is 2.15. The van der Waals surface area contributed by atoms with E-state index >= 15 is 0 Å². The maximum atomic E-state index is 13.1. The Morgan fingerprint density at radius 3 is 2.67 bits per heavy atom.